The summed E-state index contributed by atoms with van der Waals surface area (Å²) >= 11 is -2.00. The molecule has 0 fully saturated rings. The van der Waals surface area contributed by atoms with Crippen LogP contribution >= 0.6 is 0 Å². The summed E-state index contributed by atoms with van der Waals surface area (Å²) < 4.78 is 5.35. The fourth-order valence-corrected chi connectivity index (χ4v) is 9.40. The average Bonchev–Trinajstić information content (AvgIpc) is 2.90. The zero-order valence-corrected chi connectivity index (χ0v) is 13.5. The normalized spacial score (nSPS) is 13.8. The van der Waals surface area contributed by atoms with Crippen molar-refractivity contribution < 1.29 is 0 Å². The number of allylic oxidation sites excluding steroid dienone is 2. The Balaban J connectivity index is 1.96. The number of rotatable bonds is 2. The monoisotopic (exact) mass is 336 g/mol. The molecule has 18 heavy (non-hydrogen) atoms. The Morgan fingerprint density at radius 1 is 1.11 bits per heavy atom. The van der Waals surface area contributed by atoms with Gasteiger partial charge in [-0.1, -0.05) is 0 Å². The number of nitrogens with zero attached hydrogens (tertiary/aromatic N) is 2. The predicted octanol–water partition coefficient (Wildman–Crippen LogP) is 2.22. The van der Waals surface area contributed by atoms with Gasteiger partial charge in [0, 0.05) is 0 Å². The molecule has 3 heterocycles. The standard InChI is InChI=1S/C9H7N.C6H6N.In/c1-2-3-5-9-6-4-7-10-8-9;1-6-4-2-3-5-7-6;/h1-4,6-8H;2,4-5H,1H3;. The molecule has 0 saturated carbocycles. The van der Waals surface area contributed by atoms with Crippen molar-refractivity contribution in [1.29, 1.82) is 0 Å². The Kier molecular flexibility index (Phi) is 3.33. The SMILES string of the molecule is Cc1cc[c]([In]2[CH]=CC=[C]2c2cccnc2)cn1. The second-order valence-corrected chi connectivity index (χ2v) is 12.0. The van der Waals surface area contributed by atoms with Gasteiger partial charge < -0.3 is 0 Å². The fraction of sp³-hybridized carbons (Fsp3) is 0.0667. The van der Waals surface area contributed by atoms with Gasteiger partial charge in [-0.05, 0) is 0 Å². The van der Waals surface area contributed by atoms with Crippen LogP contribution in [-0.2, 0) is 0 Å². The first-order chi connectivity index (χ1) is 8.84. The molecule has 2 nitrogen and oxygen atoms in total. The number of hydrogen-bond acceptors (Lipinski definition) is 2. The van der Waals surface area contributed by atoms with Gasteiger partial charge in [-0.2, -0.15) is 0 Å². The molecule has 0 radical (unpaired) electrons. The molecule has 86 valence electrons. The first kappa shape index (κ1) is 11.7. The number of pyridine rings is 2. The second kappa shape index (κ2) is 5.11. The summed E-state index contributed by atoms with van der Waals surface area (Å²) in [5, 5.41) is 0. The van der Waals surface area contributed by atoms with Crippen molar-refractivity contribution in [2.75, 3.05) is 0 Å². The van der Waals surface area contributed by atoms with Gasteiger partial charge in [-0.15, -0.1) is 0 Å². The van der Waals surface area contributed by atoms with Crippen LogP contribution in [0.25, 0.3) is 3.33 Å². The van der Waals surface area contributed by atoms with Crippen LogP contribution in [0.1, 0.15) is 11.3 Å². The van der Waals surface area contributed by atoms with Gasteiger partial charge in [0.15, 0.2) is 0 Å². The molecule has 0 N–H and O–H groups in total. The van der Waals surface area contributed by atoms with E-state index in [1.54, 1.807) is 0 Å². The zero-order valence-electron chi connectivity index (χ0n) is 10.2. The van der Waals surface area contributed by atoms with Crippen molar-refractivity contribution in [1.82, 2.24) is 9.97 Å². The molecule has 0 aromatic carbocycles. The molecule has 3 heteroatoms. The molecule has 0 atom stereocenters. The van der Waals surface area contributed by atoms with Gasteiger partial charge in [0.1, 0.15) is 0 Å². The second-order valence-electron chi connectivity index (χ2n) is 4.46. The van der Waals surface area contributed by atoms with Crippen LogP contribution in [0.2, 0.25) is 0 Å². The van der Waals surface area contributed by atoms with Crippen molar-refractivity contribution in [2.24, 2.45) is 0 Å². The molecular formula is C15H13InN2. The van der Waals surface area contributed by atoms with Crippen molar-refractivity contribution in [3.8, 4) is 0 Å². The number of hydrogen-bond donors (Lipinski definition) is 0. The number of aryl methyl sites for hydroxylation is 1. The van der Waals surface area contributed by atoms with Crippen LogP contribution < -0.4 is 3.32 Å². The van der Waals surface area contributed by atoms with E-state index in [0.717, 1.165) is 5.69 Å². The summed E-state index contributed by atoms with van der Waals surface area (Å²) in [6.45, 7) is 2.03. The Labute approximate surface area is 115 Å². The summed E-state index contributed by atoms with van der Waals surface area (Å²) in [5.74, 6) is 0. The molecule has 0 saturated heterocycles. The molecule has 0 unspecified atom stereocenters. The molecular weight excluding hydrogens is 323 g/mol. The molecule has 1 aliphatic rings. The van der Waals surface area contributed by atoms with Gasteiger partial charge in [0.2, 0.25) is 0 Å². The zero-order chi connectivity index (χ0) is 12.4. The molecule has 2 aromatic heterocycles. The van der Waals surface area contributed by atoms with E-state index in [2.05, 4.69) is 50.3 Å². The Morgan fingerprint density at radius 2 is 2.06 bits per heavy atom. The van der Waals surface area contributed by atoms with Crippen LogP contribution in [0.3, 0.4) is 0 Å². The van der Waals surface area contributed by atoms with E-state index in [9.17, 15) is 0 Å². The Bertz CT molecular complexity index is 600. The Morgan fingerprint density at radius 3 is 2.78 bits per heavy atom. The summed E-state index contributed by atoms with van der Waals surface area (Å²) in [6, 6.07) is 8.50. The van der Waals surface area contributed by atoms with E-state index in [-0.39, 0.29) is 0 Å². The third-order valence-electron chi connectivity index (χ3n) is 3.20. The van der Waals surface area contributed by atoms with Crippen LogP contribution in [0, 0.1) is 6.92 Å². The molecule has 0 aliphatic carbocycles. The van der Waals surface area contributed by atoms with E-state index >= 15 is 0 Å². The van der Waals surface area contributed by atoms with Crippen molar-refractivity contribution in [2.45, 2.75) is 6.92 Å². The van der Waals surface area contributed by atoms with Crippen LogP contribution in [0.15, 0.2) is 58.8 Å². The third-order valence-corrected chi connectivity index (χ3v) is 11.4. The molecule has 0 amide bonds. The first-order valence-electron chi connectivity index (χ1n) is 6.06. The predicted molar refractivity (Wildman–Crippen MR) is 75.7 cm³/mol. The van der Waals surface area contributed by atoms with Crippen molar-refractivity contribution in [3.05, 3.63) is 70.1 Å². The van der Waals surface area contributed by atoms with E-state index in [1.165, 1.54) is 12.2 Å². The van der Waals surface area contributed by atoms with Gasteiger partial charge in [-0.3, -0.25) is 0 Å². The average molecular weight is 336 g/mol. The van der Waals surface area contributed by atoms with Gasteiger partial charge in [-0.25, -0.2) is 0 Å². The first-order valence-corrected chi connectivity index (χ1v) is 11.3. The number of aromatic nitrogens is 2. The maximum absolute atomic E-state index is 4.43. The summed E-state index contributed by atoms with van der Waals surface area (Å²) in [7, 11) is 0. The fourth-order valence-electron chi connectivity index (χ4n) is 2.24. The van der Waals surface area contributed by atoms with Gasteiger partial charge in [0.25, 0.3) is 0 Å². The quantitative estimate of drug-likeness (QED) is 0.841. The topological polar surface area (TPSA) is 25.8 Å². The Hall–Kier alpha value is -1.35. The minimum absolute atomic E-state index is 1.08. The van der Waals surface area contributed by atoms with E-state index in [4.69, 9.17) is 0 Å². The van der Waals surface area contributed by atoms with E-state index in [1.807, 2.05) is 25.4 Å². The minimum atomic E-state index is -2.00. The summed E-state index contributed by atoms with van der Waals surface area (Å²) in [4.78, 5) is 8.65. The van der Waals surface area contributed by atoms with Crippen LogP contribution in [0.5, 0.6) is 0 Å². The molecule has 2 aromatic rings. The van der Waals surface area contributed by atoms with E-state index < -0.39 is 21.4 Å². The maximum atomic E-state index is 4.43. The molecule has 0 bridgehead atoms. The van der Waals surface area contributed by atoms with Crippen LogP contribution in [-0.4, -0.2) is 31.4 Å². The van der Waals surface area contributed by atoms with Crippen LogP contribution in [0.4, 0.5) is 0 Å². The summed E-state index contributed by atoms with van der Waals surface area (Å²) in [5.41, 5.74) is 2.35. The van der Waals surface area contributed by atoms with Gasteiger partial charge >= 0.3 is 115 Å². The van der Waals surface area contributed by atoms with Gasteiger partial charge in [0.05, 0.1) is 0 Å². The van der Waals surface area contributed by atoms with E-state index in [0.29, 0.717) is 0 Å². The third kappa shape index (κ3) is 2.27. The van der Waals surface area contributed by atoms with Crippen molar-refractivity contribution >= 4 is 28.1 Å². The summed E-state index contributed by atoms with van der Waals surface area (Å²) in [6.07, 6.45) is 10.3. The van der Waals surface area contributed by atoms with Crippen molar-refractivity contribution in [3.63, 3.8) is 0 Å². The molecule has 0 spiro atoms. The molecule has 3 rings (SSSR count). The molecule has 1 aliphatic heterocycles.